The van der Waals surface area contributed by atoms with Crippen LogP contribution in [0.3, 0.4) is 0 Å². The van der Waals surface area contributed by atoms with Crippen molar-refractivity contribution in [1.29, 1.82) is 0 Å². The van der Waals surface area contributed by atoms with Gasteiger partial charge >= 0.3 is 0 Å². The number of aryl methyl sites for hydroxylation is 1. The number of benzene rings is 2. The molecule has 1 fully saturated rings. The third kappa shape index (κ3) is 4.87. The van der Waals surface area contributed by atoms with Crippen LogP contribution >= 0.6 is 11.3 Å². The van der Waals surface area contributed by atoms with Gasteiger partial charge in [0.2, 0.25) is 11.8 Å². The number of thiophene rings is 1. The van der Waals surface area contributed by atoms with Gasteiger partial charge in [-0.3, -0.25) is 9.59 Å². The van der Waals surface area contributed by atoms with Crippen LogP contribution in [-0.4, -0.2) is 18.9 Å². The number of hydrogen-bond donors (Lipinski definition) is 1. The summed E-state index contributed by atoms with van der Waals surface area (Å²) in [6.07, 6.45) is 0.823. The fourth-order valence-electron chi connectivity index (χ4n) is 4.46. The summed E-state index contributed by atoms with van der Waals surface area (Å²) in [6.45, 7) is 8.44. The van der Waals surface area contributed by atoms with E-state index in [1.54, 1.807) is 18.4 Å². The Morgan fingerprint density at radius 3 is 2.47 bits per heavy atom. The van der Waals surface area contributed by atoms with E-state index < -0.39 is 0 Å². The van der Waals surface area contributed by atoms with Gasteiger partial charge in [0.05, 0.1) is 24.8 Å². The summed E-state index contributed by atoms with van der Waals surface area (Å²) < 4.78 is 5.54. The second-order valence-electron chi connectivity index (χ2n) is 9.86. The molecule has 34 heavy (non-hydrogen) atoms. The Kier molecular flexibility index (Phi) is 6.80. The van der Waals surface area contributed by atoms with Crippen molar-refractivity contribution >= 4 is 34.5 Å². The van der Waals surface area contributed by atoms with Crippen LogP contribution in [0.25, 0.3) is 0 Å². The van der Waals surface area contributed by atoms with Gasteiger partial charge in [-0.05, 0) is 60.0 Å². The molecule has 2 heterocycles. The van der Waals surface area contributed by atoms with E-state index in [-0.39, 0.29) is 29.2 Å². The quantitative estimate of drug-likeness (QED) is 0.458. The van der Waals surface area contributed by atoms with Gasteiger partial charge in [0, 0.05) is 17.0 Å². The van der Waals surface area contributed by atoms with E-state index in [1.807, 2.05) is 71.8 Å². The van der Waals surface area contributed by atoms with Crippen molar-refractivity contribution in [3.05, 3.63) is 76.0 Å². The highest BCUT2D eigenvalue weighted by molar-refractivity contribution is 7.10. The Bertz CT molecular complexity index is 1160. The summed E-state index contributed by atoms with van der Waals surface area (Å²) in [5.41, 5.74) is 3.65. The number of carbonyl (C=O) groups excluding carboxylic acids is 2. The molecule has 1 saturated heterocycles. The van der Waals surface area contributed by atoms with Crippen molar-refractivity contribution in [1.82, 2.24) is 0 Å². The van der Waals surface area contributed by atoms with Gasteiger partial charge < -0.3 is 15.0 Å². The van der Waals surface area contributed by atoms with Crippen LogP contribution in [0.15, 0.2) is 60.0 Å². The number of nitrogens with zero attached hydrogens (tertiary/aromatic N) is 1. The molecular weight excluding hydrogens is 444 g/mol. The monoisotopic (exact) mass is 476 g/mol. The number of hydrogen-bond acceptors (Lipinski definition) is 4. The van der Waals surface area contributed by atoms with Crippen molar-refractivity contribution < 1.29 is 14.3 Å². The molecule has 2 atom stereocenters. The van der Waals surface area contributed by atoms with Gasteiger partial charge in [0.25, 0.3) is 0 Å². The fourth-order valence-corrected chi connectivity index (χ4v) is 5.34. The van der Waals surface area contributed by atoms with Crippen LogP contribution in [0.5, 0.6) is 5.75 Å². The van der Waals surface area contributed by atoms with E-state index in [1.165, 1.54) is 0 Å². The van der Waals surface area contributed by atoms with Crippen molar-refractivity contribution in [2.24, 2.45) is 5.92 Å². The van der Waals surface area contributed by atoms with Crippen molar-refractivity contribution in [3.63, 3.8) is 0 Å². The third-order valence-corrected chi connectivity index (χ3v) is 7.35. The fraction of sp³-hybridized carbons (Fsp3) is 0.357. The number of methoxy groups -OCH3 is 1. The van der Waals surface area contributed by atoms with Crippen LogP contribution in [0.4, 0.5) is 11.4 Å². The number of rotatable bonds is 5. The molecule has 0 saturated carbocycles. The van der Waals surface area contributed by atoms with E-state index in [9.17, 15) is 9.59 Å². The number of carbonyl (C=O) groups is 2. The molecule has 0 unspecified atom stereocenters. The van der Waals surface area contributed by atoms with Gasteiger partial charge in [0.1, 0.15) is 5.75 Å². The lowest BCUT2D eigenvalue weighted by Gasteiger charge is -2.40. The van der Waals surface area contributed by atoms with E-state index in [2.05, 4.69) is 26.1 Å². The molecule has 0 radical (unpaired) electrons. The number of nitrogens with one attached hydrogen (secondary N) is 1. The molecule has 1 N–H and O–H groups in total. The molecule has 3 aromatic rings. The Morgan fingerprint density at radius 1 is 1.12 bits per heavy atom. The lowest BCUT2D eigenvalue weighted by atomic mass is 9.85. The minimum Gasteiger partial charge on any atom is -0.495 e. The second-order valence-corrected chi connectivity index (χ2v) is 10.8. The van der Waals surface area contributed by atoms with E-state index in [4.69, 9.17) is 4.74 Å². The molecule has 178 valence electrons. The molecular formula is C28H32N2O3S. The number of piperidine rings is 1. The van der Waals surface area contributed by atoms with Crippen LogP contribution < -0.4 is 15.0 Å². The summed E-state index contributed by atoms with van der Waals surface area (Å²) in [7, 11) is 1.61. The maximum Gasteiger partial charge on any atom is 0.230 e. The average Bonchev–Trinajstić information content (AvgIpc) is 3.33. The minimum absolute atomic E-state index is 0.0404. The average molecular weight is 477 g/mol. The van der Waals surface area contributed by atoms with Crippen LogP contribution in [0.2, 0.25) is 0 Å². The largest absolute Gasteiger partial charge is 0.495 e. The predicted molar refractivity (Wildman–Crippen MR) is 139 cm³/mol. The molecule has 5 nitrogen and oxygen atoms in total. The summed E-state index contributed by atoms with van der Waals surface area (Å²) in [4.78, 5) is 29.7. The van der Waals surface area contributed by atoms with Crippen molar-refractivity contribution in [3.8, 4) is 5.75 Å². The SMILES string of the molecule is COc1ccc(C(C)(C)C)cc1NC(=O)[C@@H]1CCC(=O)N(c2ccc(C)cc2)[C@H]1c1cccs1. The van der Waals surface area contributed by atoms with Crippen molar-refractivity contribution in [2.75, 3.05) is 17.3 Å². The van der Waals surface area contributed by atoms with E-state index in [0.29, 0.717) is 24.3 Å². The second kappa shape index (κ2) is 9.63. The first-order valence-electron chi connectivity index (χ1n) is 11.6. The zero-order valence-electron chi connectivity index (χ0n) is 20.4. The molecule has 4 rings (SSSR count). The summed E-state index contributed by atoms with van der Waals surface area (Å²) >= 11 is 1.58. The first-order chi connectivity index (χ1) is 16.2. The standard InChI is InChI=1S/C28H32N2O3S/c1-18-8-11-20(12-9-18)30-25(31)15-13-21(26(30)24-7-6-16-34-24)27(32)29-22-17-19(28(2,3)4)10-14-23(22)33-5/h6-12,14,16-17,21,26H,13,15H2,1-5H3,(H,29,32)/t21-,26-/m1/s1. The number of anilines is 2. The predicted octanol–water partition coefficient (Wildman–Crippen LogP) is 6.49. The lowest BCUT2D eigenvalue weighted by molar-refractivity contribution is -0.125. The van der Waals surface area contributed by atoms with Gasteiger partial charge in [-0.15, -0.1) is 11.3 Å². The van der Waals surface area contributed by atoms with Crippen LogP contribution in [-0.2, 0) is 15.0 Å². The smallest absolute Gasteiger partial charge is 0.230 e. The van der Waals surface area contributed by atoms with Crippen molar-refractivity contribution in [2.45, 2.75) is 52.0 Å². The number of ether oxygens (including phenoxy) is 1. The molecule has 0 bridgehead atoms. The molecule has 1 aromatic heterocycles. The van der Waals surface area contributed by atoms with E-state index in [0.717, 1.165) is 21.7 Å². The molecule has 2 aromatic carbocycles. The zero-order chi connectivity index (χ0) is 24.5. The molecule has 1 aliphatic rings. The highest BCUT2D eigenvalue weighted by Crippen LogP contribution is 2.42. The molecule has 2 amide bonds. The zero-order valence-corrected chi connectivity index (χ0v) is 21.2. The topological polar surface area (TPSA) is 58.6 Å². The Balaban J connectivity index is 1.71. The highest BCUT2D eigenvalue weighted by Gasteiger charge is 2.42. The van der Waals surface area contributed by atoms with E-state index >= 15 is 0 Å². The highest BCUT2D eigenvalue weighted by atomic mass is 32.1. The molecule has 1 aliphatic heterocycles. The summed E-state index contributed by atoms with van der Waals surface area (Å²) in [5, 5.41) is 5.13. The van der Waals surface area contributed by atoms with Gasteiger partial charge in [-0.2, -0.15) is 0 Å². The van der Waals surface area contributed by atoms with Crippen LogP contribution in [0, 0.1) is 12.8 Å². The maximum absolute atomic E-state index is 13.7. The van der Waals surface area contributed by atoms with Gasteiger partial charge in [0.15, 0.2) is 0 Å². The first-order valence-corrected chi connectivity index (χ1v) is 12.5. The van der Waals surface area contributed by atoms with Gasteiger partial charge in [-0.1, -0.05) is 50.6 Å². The normalized spacial score (nSPS) is 18.6. The maximum atomic E-state index is 13.7. The molecule has 0 spiro atoms. The molecule has 6 heteroatoms. The summed E-state index contributed by atoms with van der Waals surface area (Å²) in [6, 6.07) is 17.5. The lowest BCUT2D eigenvalue weighted by Crippen LogP contribution is -2.46. The third-order valence-electron chi connectivity index (χ3n) is 6.40. The molecule has 0 aliphatic carbocycles. The van der Waals surface area contributed by atoms with Crippen LogP contribution in [0.1, 0.15) is 55.7 Å². The summed E-state index contributed by atoms with van der Waals surface area (Å²) in [5.74, 6) is 0.169. The number of amides is 2. The Labute approximate surface area is 205 Å². The Hall–Kier alpha value is -3.12. The Morgan fingerprint density at radius 2 is 1.85 bits per heavy atom. The minimum atomic E-state index is -0.388. The first kappa shape index (κ1) is 24.0. The van der Waals surface area contributed by atoms with Gasteiger partial charge in [-0.25, -0.2) is 0 Å².